The van der Waals surface area contributed by atoms with Gasteiger partial charge in [0.05, 0.1) is 13.2 Å². The van der Waals surface area contributed by atoms with E-state index in [-0.39, 0.29) is 24.0 Å². The molecule has 3 atom stereocenters. The van der Waals surface area contributed by atoms with Gasteiger partial charge in [-0.25, -0.2) is 0 Å². The third kappa shape index (κ3) is 6.60. The molecule has 1 fully saturated rings. The van der Waals surface area contributed by atoms with Crippen LogP contribution in [0.4, 0.5) is 0 Å². The first-order valence-corrected chi connectivity index (χ1v) is 9.29. The molecule has 1 aliphatic rings. The number of rotatable bonds is 10. The van der Waals surface area contributed by atoms with Gasteiger partial charge in [-0.1, -0.05) is 55.5 Å². The van der Waals surface area contributed by atoms with Gasteiger partial charge in [-0.3, -0.25) is 9.59 Å². The molecule has 1 unspecified atom stereocenters. The van der Waals surface area contributed by atoms with E-state index in [2.05, 4.69) is 6.08 Å². The molecule has 140 valence electrons. The van der Waals surface area contributed by atoms with Crippen LogP contribution in [0.15, 0.2) is 54.6 Å². The Kier molecular flexibility index (Phi) is 8.29. The van der Waals surface area contributed by atoms with Crippen molar-refractivity contribution < 1.29 is 19.4 Å². The lowest BCUT2D eigenvalue weighted by molar-refractivity contribution is -0.137. The summed E-state index contributed by atoms with van der Waals surface area (Å²) in [6.07, 6.45) is 10.4. The molecule has 0 aliphatic carbocycles. The Morgan fingerprint density at radius 3 is 2.73 bits per heavy atom. The largest absolute Gasteiger partial charge is 0.481 e. The molecule has 0 amide bonds. The molecule has 26 heavy (non-hydrogen) atoms. The number of benzene rings is 1. The summed E-state index contributed by atoms with van der Waals surface area (Å²) in [5.41, 5.74) is 1.03. The van der Waals surface area contributed by atoms with Crippen molar-refractivity contribution in [2.24, 2.45) is 11.8 Å². The number of carboxylic acids is 1. The molecule has 2 rings (SSSR count). The SMILES string of the molecule is CC(C(=O)C=C[C@H]1COC[C@@H]1CC=CCCCC(=O)O)c1ccccc1. The molecule has 0 spiro atoms. The van der Waals surface area contributed by atoms with Crippen LogP contribution in [0.25, 0.3) is 0 Å². The number of carbonyl (C=O) groups is 2. The first-order valence-electron chi connectivity index (χ1n) is 9.29. The van der Waals surface area contributed by atoms with E-state index < -0.39 is 5.97 Å². The molecule has 1 aromatic carbocycles. The Labute approximate surface area is 155 Å². The summed E-state index contributed by atoms with van der Waals surface area (Å²) in [4.78, 5) is 22.9. The normalized spacial score (nSPS) is 21.4. The van der Waals surface area contributed by atoms with E-state index in [4.69, 9.17) is 9.84 Å². The highest BCUT2D eigenvalue weighted by Crippen LogP contribution is 2.26. The zero-order valence-electron chi connectivity index (χ0n) is 15.3. The summed E-state index contributed by atoms with van der Waals surface area (Å²) in [5, 5.41) is 8.62. The number of allylic oxidation sites excluding steroid dienone is 3. The van der Waals surface area contributed by atoms with Gasteiger partial charge in [-0.2, -0.15) is 0 Å². The molecule has 4 nitrogen and oxygen atoms in total. The third-order valence-corrected chi connectivity index (χ3v) is 4.85. The summed E-state index contributed by atoms with van der Waals surface area (Å²) in [5.74, 6) is -0.136. The van der Waals surface area contributed by atoms with Gasteiger partial charge in [0.15, 0.2) is 5.78 Å². The van der Waals surface area contributed by atoms with Crippen LogP contribution in [0.5, 0.6) is 0 Å². The van der Waals surface area contributed by atoms with Gasteiger partial charge in [0.25, 0.3) is 0 Å². The first-order chi connectivity index (χ1) is 12.6. The maximum atomic E-state index is 12.4. The molecular weight excluding hydrogens is 328 g/mol. The number of ether oxygens (including phenoxy) is 1. The second kappa shape index (κ2) is 10.7. The fourth-order valence-corrected chi connectivity index (χ4v) is 3.10. The monoisotopic (exact) mass is 356 g/mol. The number of carboxylic acid groups (broad SMARTS) is 1. The van der Waals surface area contributed by atoms with Gasteiger partial charge < -0.3 is 9.84 Å². The van der Waals surface area contributed by atoms with Gasteiger partial charge in [-0.05, 0) is 36.8 Å². The van der Waals surface area contributed by atoms with Crippen LogP contribution in [0.2, 0.25) is 0 Å². The average molecular weight is 356 g/mol. The van der Waals surface area contributed by atoms with Crippen LogP contribution < -0.4 is 0 Å². The molecule has 4 heteroatoms. The van der Waals surface area contributed by atoms with Crippen molar-refractivity contribution in [3.8, 4) is 0 Å². The average Bonchev–Trinajstić information content (AvgIpc) is 3.09. The van der Waals surface area contributed by atoms with E-state index in [0.29, 0.717) is 25.6 Å². The zero-order valence-corrected chi connectivity index (χ0v) is 15.3. The molecule has 0 radical (unpaired) electrons. The third-order valence-electron chi connectivity index (χ3n) is 4.85. The summed E-state index contributed by atoms with van der Waals surface area (Å²) in [7, 11) is 0. The predicted octanol–water partition coefficient (Wildman–Crippen LogP) is 4.38. The standard InChI is InChI=1S/C22H28O4/c1-17(18-9-6-4-7-10-18)21(23)14-13-20-16-26-15-19(20)11-5-2-3-8-12-22(24)25/h2,4-7,9-10,13-14,17,19-20H,3,8,11-12,15-16H2,1H3,(H,24,25)/t17?,19-,20-/m0/s1. The Bertz CT molecular complexity index is 633. The molecule has 0 aromatic heterocycles. The summed E-state index contributed by atoms with van der Waals surface area (Å²) < 4.78 is 5.58. The molecular formula is C22H28O4. The van der Waals surface area contributed by atoms with Crippen LogP contribution in [0, 0.1) is 11.8 Å². The summed E-state index contributed by atoms with van der Waals surface area (Å²) >= 11 is 0. The molecule has 0 bridgehead atoms. The Morgan fingerprint density at radius 1 is 1.23 bits per heavy atom. The minimum Gasteiger partial charge on any atom is -0.481 e. The topological polar surface area (TPSA) is 63.6 Å². The van der Waals surface area contributed by atoms with Crippen LogP contribution in [-0.2, 0) is 14.3 Å². The van der Waals surface area contributed by atoms with Crippen LogP contribution in [-0.4, -0.2) is 30.1 Å². The van der Waals surface area contributed by atoms with E-state index in [1.165, 1.54) is 0 Å². The van der Waals surface area contributed by atoms with Crippen LogP contribution in [0.1, 0.15) is 44.1 Å². The number of hydrogen-bond acceptors (Lipinski definition) is 3. The number of unbranched alkanes of at least 4 members (excludes halogenated alkanes) is 1. The number of carbonyl (C=O) groups excluding carboxylic acids is 1. The smallest absolute Gasteiger partial charge is 0.303 e. The second-order valence-corrected chi connectivity index (χ2v) is 6.85. The number of ketones is 1. The van der Waals surface area contributed by atoms with Crippen molar-refractivity contribution in [1.82, 2.24) is 0 Å². The minimum atomic E-state index is -0.748. The molecule has 1 aromatic rings. The maximum Gasteiger partial charge on any atom is 0.303 e. The van der Waals surface area contributed by atoms with E-state index >= 15 is 0 Å². The quantitative estimate of drug-likeness (QED) is 0.384. The fourth-order valence-electron chi connectivity index (χ4n) is 3.10. The van der Waals surface area contributed by atoms with Crippen molar-refractivity contribution in [3.05, 3.63) is 60.2 Å². The summed E-state index contributed by atoms with van der Waals surface area (Å²) in [6, 6.07) is 9.81. The van der Waals surface area contributed by atoms with Gasteiger partial charge in [0.1, 0.15) is 0 Å². The minimum absolute atomic E-state index is 0.117. The van der Waals surface area contributed by atoms with Crippen molar-refractivity contribution in [3.63, 3.8) is 0 Å². The fraction of sp³-hybridized carbons (Fsp3) is 0.455. The maximum absolute atomic E-state index is 12.4. The van der Waals surface area contributed by atoms with Crippen molar-refractivity contribution >= 4 is 11.8 Å². The predicted molar refractivity (Wildman–Crippen MR) is 102 cm³/mol. The lowest BCUT2D eigenvalue weighted by Crippen LogP contribution is -2.11. The Morgan fingerprint density at radius 2 is 2.00 bits per heavy atom. The van der Waals surface area contributed by atoms with E-state index in [0.717, 1.165) is 18.4 Å². The highest BCUT2D eigenvalue weighted by atomic mass is 16.5. The van der Waals surface area contributed by atoms with Gasteiger partial charge in [0, 0.05) is 18.3 Å². The molecule has 1 saturated heterocycles. The van der Waals surface area contributed by atoms with Crippen LogP contribution in [0.3, 0.4) is 0 Å². The zero-order chi connectivity index (χ0) is 18.8. The van der Waals surface area contributed by atoms with Crippen LogP contribution >= 0.6 is 0 Å². The van der Waals surface area contributed by atoms with E-state index in [1.54, 1.807) is 6.08 Å². The van der Waals surface area contributed by atoms with Gasteiger partial charge in [-0.15, -0.1) is 0 Å². The highest BCUT2D eigenvalue weighted by molar-refractivity contribution is 5.95. The van der Waals surface area contributed by atoms with Gasteiger partial charge in [0.2, 0.25) is 0 Å². The summed E-state index contributed by atoms with van der Waals surface area (Å²) in [6.45, 7) is 3.29. The lowest BCUT2D eigenvalue weighted by Gasteiger charge is -2.12. The van der Waals surface area contributed by atoms with Crippen molar-refractivity contribution in [1.29, 1.82) is 0 Å². The molecule has 0 saturated carbocycles. The van der Waals surface area contributed by atoms with E-state index in [9.17, 15) is 9.59 Å². The van der Waals surface area contributed by atoms with Gasteiger partial charge >= 0.3 is 5.97 Å². The van der Waals surface area contributed by atoms with E-state index in [1.807, 2.05) is 49.4 Å². The molecule has 1 heterocycles. The Balaban J connectivity index is 1.80. The number of hydrogen-bond donors (Lipinski definition) is 1. The Hall–Kier alpha value is -2.20. The highest BCUT2D eigenvalue weighted by Gasteiger charge is 2.25. The second-order valence-electron chi connectivity index (χ2n) is 6.85. The molecule has 1 aliphatic heterocycles. The lowest BCUT2D eigenvalue weighted by atomic mass is 9.90. The van der Waals surface area contributed by atoms with Crippen molar-refractivity contribution in [2.45, 2.75) is 38.5 Å². The molecule has 1 N–H and O–H groups in total. The van der Waals surface area contributed by atoms with Crippen molar-refractivity contribution in [2.75, 3.05) is 13.2 Å². The number of aliphatic carboxylic acids is 1. The first kappa shape index (κ1) is 20.1.